The van der Waals surface area contributed by atoms with Crippen molar-refractivity contribution in [2.24, 2.45) is 0 Å². The van der Waals surface area contributed by atoms with Crippen molar-refractivity contribution < 1.29 is 19.1 Å². The first-order chi connectivity index (χ1) is 14.0. The van der Waals surface area contributed by atoms with Gasteiger partial charge >= 0.3 is 0 Å². The maximum Gasteiger partial charge on any atom is 0.265 e. The van der Waals surface area contributed by atoms with Crippen LogP contribution in [-0.2, 0) is 4.79 Å². The Labute approximate surface area is 172 Å². The molecule has 2 aromatic carbocycles. The minimum absolute atomic E-state index is 0.193. The summed E-state index contributed by atoms with van der Waals surface area (Å²) in [7, 11) is 0. The predicted octanol–water partition coefficient (Wildman–Crippen LogP) is 4.71. The second-order valence-electron chi connectivity index (χ2n) is 6.71. The van der Waals surface area contributed by atoms with E-state index in [-0.39, 0.29) is 11.8 Å². The van der Waals surface area contributed by atoms with Crippen molar-refractivity contribution in [2.75, 3.05) is 23.8 Å². The van der Waals surface area contributed by atoms with Gasteiger partial charge in [0.05, 0.1) is 16.3 Å². The standard InChI is InChI=1S/C22H20N2O4S/c1-13-3-5-16(23-14(2)25)17(11-13)24-22(26)21-8-7-20(29-21)15-4-6-18-19(12-15)28-10-9-27-18/h3-8,11-12H,9-10H2,1-2H3,(H,23,25)(H,24,26). The average Bonchev–Trinajstić information content (AvgIpc) is 3.20. The molecule has 0 aliphatic carbocycles. The van der Waals surface area contributed by atoms with E-state index in [1.54, 1.807) is 12.1 Å². The molecule has 2 heterocycles. The first kappa shape index (κ1) is 19.0. The highest BCUT2D eigenvalue weighted by atomic mass is 32.1. The van der Waals surface area contributed by atoms with Gasteiger partial charge in [0.1, 0.15) is 13.2 Å². The number of anilines is 2. The van der Waals surface area contributed by atoms with Crippen molar-refractivity contribution in [3.05, 3.63) is 59.0 Å². The van der Waals surface area contributed by atoms with E-state index in [9.17, 15) is 9.59 Å². The molecule has 0 saturated heterocycles. The van der Waals surface area contributed by atoms with E-state index in [1.165, 1.54) is 18.3 Å². The number of aryl methyl sites for hydroxylation is 1. The van der Waals surface area contributed by atoms with E-state index in [2.05, 4.69) is 10.6 Å². The lowest BCUT2D eigenvalue weighted by molar-refractivity contribution is -0.114. The predicted molar refractivity (Wildman–Crippen MR) is 114 cm³/mol. The number of benzene rings is 2. The lowest BCUT2D eigenvalue weighted by Gasteiger charge is -2.18. The van der Waals surface area contributed by atoms with Crippen LogP contribution in [0.25, 0.3) is 10.4 Å². The highest BCUT2D eigenvalue weighted by Gasteiger charge is 2.16. The fraction of sp³-hybridized carbons (Fsp3) is 0.182. The summed E-state index contributed by atoms with van der Waals surface area (Å²) in [5.74, 6) is 1.03. The number of fused-ring (bicyclic) bond motifs is 1. The van der Waals surface area contributed by atoms with Crippen molar-refractivity contribution >= 4 is 34.5 Å². The van der Waals surface area contributed by atoms with Gasteiger partial charge in [0.15, 0.2) is 11.5 Å². The van der Waals surface area contributed by atoms with Crippen LogP contribution < -0.4 is 20.1 Å². The van der Waals surface area contributed by atoms with E-state index < -0.39 is 0 Å². The monoisotopic (exact) mass is 408 g/mol. The Morgan fingerprint density at radius 1 is 0.897 bits per heavy atom. The van der Waals surface area contributed by atoms with Gasteiger partial charge in [-0.1, -0.05) is 6.07 Å². The van der Waals surface area contributed by atoms with Gasteiger partial charge in [0.25, 0.3) is 5.91 Å². The molecule has 0 spiro atoms. The summed E-state index contributed by atoms with van der Waals surface area (Å²) in [6, 6.07) is 15.0. The number of rotatable bonds is 4. The van der Waals surface area contributed by atoms with Gasteiger partial charge < -0.3 is 20.1 Å². The third-order valence-electron chi connectivity index (χ3n) is 4.39. The smallest absolute Gasteiger partial charge is 0.265 e. The van der Waals surface area contributed by atoms with Gasteiger partial charge in [0, 0.05) is 11.8 Å². The summed E-state index contributed by atoms with van der Waals surface area (Å²) in [6.45, 7) is 4.44. The van der Waals surface area contributed by atoms with Crippen LogP contribution in [0.3, 0.4) is 0 Å². The molecule has 0 unspecified atom stereocenters. The maximum absolute atomic E-state index is 12.8. The van der Waals surface area contributed by atoms with E-state index in [0.29, 0.717) is 35.2 Å². The highest BCUT2D eigenvalue weighted by molar-refractivity contribution is 7.17. The number of hydrogen-bond acceptors (Lipinski definition) is 5. The van der Waals surface area contributed by atoms with Gasteiger partial charge in [-0.15, -0.1) is 11.3 Å². The molecule has 2 amide bonds. The summed E-state index contributed by atoms with van der Waals surface area (Å²) in [4.78, 5) is 25.7. The van der Waals surface area contributed by atoms with Crippen molar-refractivity contribution in [2.45, 2.75) is 13.8 Å². The van der Waals surface area contributed by atoms with Crippen molar-refractivity contribution in [3.8, 4) is 21.9 Å². The van der Waals surface area contributed by atoms with Crippen LogP contribution in [0.4, 0.5) is 11.4 Å². The summed E-state index contributed by atoms with van der Waals surface area (Å²) in [6.07, 6.45) is 0. The van der Waals surface area contributed by atoms with E-state index >= 15 is 0 Å². The number of carbonyl (C=O) groups excluding carboxylic acids is 2. The zero-order valence-electron chi connectivity index (χ0n) is 16.1. The lowest BCUT2D eigenvalue weighted by atomic mass is 10.1. The molecular weight excluding hydrogens is 388 g/mol. The molecule has 0 radical (unpaired) electrons. The number of thiophene rings is 1. The fourth-order valence-corrected chi connectivity index (χ4v) is 3.95. The number of carbonyl (C=O) groups is 2. The SMILES string of the molecule is CC(=O)Nc1ccc(C)cc1NC(=O)c1ccc(-c2ccc3c(c2)OCCO3)s1. The first-order valence-electron chi connectivity index (χ1n) is 9.19. The van der Waals surface area contributed by atoms with Crippen LogP contribution in [0, 0.1) is 6.92 Å². The quantitative estimate of drug-likeness (QED) is 0.656. The molecule has 0 fully saturated rings. The van der Waals surface area contributed by atoms with E-state index in [0.717, 1.165) is 21.8 Å². The summed E-state index contributed by atoms with van der Waals surface area (Å²) >= 11 is 1.39. The van der Waals surface area contributed by atoms with Gasteiger partial charge in [0.2, 0.25) is 5.91 Å². The number of amides is 2. The second-order valence-corrected chi connectivity index (χ2v) is 7.79. The fourth-order valence-electron chi connectivity index (χ4n) is 3.06. The molecule has 1 aliphatic heterocycles. The van der Waals surface area contributed by atoms with Crippen LogP contribution in [0.15, 0.2) is 48.5 Å². The van der Waals surface area contributed by atoms with Gasteiger partial charge in [-0.25, -0.2) is 0 Å². The molecule has 6 nitrogen and oxygen atoms in total. The molecule has 2 N–H and O–H groups in total. The summed E-state index contributed by atoms with van der Waals surface area (Å²) in [5.41, 5.74) is 3.09. The first-order valence-corrected chi connectivity index (χ1v) is 10.0. The second kappa shape index (κ2) is 7.97. The third kappa shape index (κ3) is 4.25. The Morgan fingerprint density at radius 3 is 2.48 bits per heavy atom. The molecular formula is C22H20N2O4S. The lowest BCUT2D eigenvalue weighted by Crippen LogP contribution is -2.15. The summed E-state index contributed by atoms with van der Waals surface area (Å²) < 4.78 is 11.2. The number of nitrogens with one attached hydrogen (secondary N) is 2. The Morgan fingerprint density at radius 2 is 1.69 bits per heavy atom. The van der Waals surface area contributed by atoms with Gasteiger partial charge in [-0.3, -0.25) is 9.59 Å². The summed E-state index contributed by atoms with van der Waals surface area (Å²) in [5, 5.41) is 5.64. The van der Waals surface area contributed by atoms with E-state index in [4.69, 9.17) is 9.47 Å². The molecule has 7 heteroatoms. The van der Waals surface area contributed by atoms with E-state index in [1.807, 2.05) is 43.3 Å². The Bertz CT molecular complexity index is 1090. The van der Waals surface area contributed by atoms with Crippen LogP contribution in [0.2, 0.25) is 0 Å². The molecule has 1 aliphatic rings. The molecule has 0 bridgehead atoms. The molecule has 0 atom stereocenters. The molecule has 29 heavy (non-hydrogen) atoms. The normalized spacial score (nSPS) is 12.3. The zero-order chi connectivity index (χ0) is 20.4. The molecule has 4 rings (SSSR count). The van der Waals surface area contributed by atoms with Crippen molar-refractivity contribution in [3.63, 3.8) is 0 Å². The molecule has 1 aromatic heterocycles. The average molecular weight is 408 g/mol. The number of ether oxygens (including phenoxy) is 2. The van der Waals surface area contributed by atoms with Crippen LogP contribution in [0.1, 0.15) is 22.2 Å². The van der Waals surface area contributed by atoms with Crippen LogP contribution in [-0.4, -0.2) is 25.0 Å². The Kier molecular flexibility index (Phi) is 5.22. The van der Waals surface area contributed by atoms with Crippen molar-refractivity contribution in [1.82, 2.24) is 0 Å². The Hall–Kier alpha value is -3.32. The topological polar surface area (TPSA) is 76.7 Å². The molecule has 0 saturated carbocycles. The number of hydrogen-bond donors (Lipinski definition) is 2. The molecule has 3 aromatic rings. The largest absolute Gasteiger partial charge is 0.486 e. The van der Waals surface area contributed by atoms with Gasteiger partial charge in [-0.05, 0) is 60.5 Å². The zero-order valence-corrected chi connectivity index (χ0v) is 16.9. The molecule has 148 valence electrons. The van der Waals surface area contributed by atoms with Crippen LogP contribution >= 0.6 is 11.3 Å². The van der Waals surface area contributed by atoms with Crippen molar-refractivity contribution in [1.29, 1.82) is 0 Å². The van der Waals surface area contributed by atoms with Gasteiger partial charge in [-0.2, -0.15) is 0 Å². The minimum Gasteiger partial charge on any atom is -0.486 e. The maximum atomic E-state index is 12.8. The highest BCUT2D eigenvalue weighted by Crippen LogP contribution is 2.37. The Balaban J connectivity index is 1.55. The third-order valence-corrected chi connectivity index (χ3v) is 5.52. The minimum atomic E-state index is -0.226. The van der Waals surface area contributed by atoms with Crippen LogP contribution in [0.5, 0.6) is 11.5 Å².